The van der Waals surface area contributed by atoms with E-state index in [0.717, 1.165) is 25.2 Å². The van der Waals surface area contributed by atoms with Gasteiger partial charge in [-0.2, -0.15) is 0 Å². The summed E-state index contributed by atoms with van der Waals surface area (Å²) in [5, 5.41) is 14.1. The lowest BCUT2D eigenvalue weighted by atomic mass is 10.2. The fraction of sp³-hybridized carbons (Fsp3) is 0.308. The summed E-state index contributed by atoms with van der Waals surface area (Å²) in [6, 6.07) is 3.33. The van der Waals surface area contributed by atoms with Gasteiger partial charge in [-0.25, -0.2) is 4.98 Å². The smallest absolute Gasteiger partial charge is 0.273 e. The zero-order chi connectivity index (χ0) is 14.5. The van der Waals surface area contributed by atoms with Gasteiger partial charge in [0.15, 0.2) is 0 Å². The molecule has 0 amide bonds. The Kier molecular flexibility index (Phi) is 4.73. The van der Waals surface area contributed by atoms with Crippen molar-refractivity contribution in [3.05, 3.63) is 51.0 Å². The maximum absolute atomic E-state index is 10.8. The molecule has 0 aliphatic carbocycles. The van der Waals surface area contributed by atoms with Crippen molar-refractivity contribution < 1.29 is 4.92 Å². The second kappa shape index (κ2) is 6.51. The molecule has 20 heavy (non-hydrogen) atoms. The lowest BCUT2D eigenvalue weighted by Crippen LogP contribution is -2.06. The summed E-state index contributed by atoms with van der Waals surface area (Å²) in [5.41, 5.74) is 1.65. The van der Waals surface area contributed by atoms with Crippen LogP contribution in [0, 0.1) is 17.0 Å². The van der Waals surface area contributed by atoms with E-state index in [4.69, 9.17) is 0 Å². The summed E-state index contributed by atoms with van der Waals surface area (Å²) < 4.78 is 2.72. The van der Waals surface area contributed by atoms with Crippen LogP contribution in [0.4, 0.5) is 11.4 Å². The minimum Gasteiger partial charge on any atom is -0.384 e. The number of nitrogens with one attached hydrogen (secondary N) is 1. The number of aromatic nitrogens is 2. The van der Waals surface area contributed by atoms with E-state index >= 15 is 0 Å². The molecule has 1 aromatic heterocycles. The van der Waals surface area contributed by atoms with Crippen molar-refractivity contribution in [2.75, 3.05) is 11.9 Å². The van der Waals surface area contributed by atoms with E-state index in [-0.39, 0.29) is 10.6 Å². The molecule has 0 unspecified atom stereocenters. The minimum absolute atomic E-state index is 0.126. The van der Waals surface area contributed by atoms with E-state index in [9.17, 15) is 10.1 Å². The van der Waals surface area contributed by atoms with E-state index in [0.29, 0.717) is 10.0 Å². The highest BCUT2D eigenvalue weighted by Crippen LogP contribution is 2.30. The van der Waals surface area contributed by atoms with E-state index in [1.165, 1.54) is 6.07 Å². The van der Waals surface area contributed by atoms with Gasteiger partial charge in [0, 0.05) is 47.3 Å². The first kappa shape index (κ1) is 14.5. The largest absolute Gasteiger partial charge is 0.384 e. The molecular weight excluding hydrogens is 324 g/mol. The lowest BCUT2D eigenvalue weighted by molar-refractivity contribution is -0.385. The number of anilines is 1. The number of hydrogen-bond donors (Lipinski definition) is 1. The van der Waals surface area contributed by atoms with Gasteiger partial charge in [0.2, 0.25) is 0 Å². The maximum Gasteiger partial charge on any atom is 0.273 e. The molecule has 0 aliphatic heterocycles. The lowest BCUT2D eigenvalue weighted by Gasteiger charge is -2.10. The first-order valence-corrected chi connectivity index (χ1v) is 7.01. The molecule has 2 rings (SSSR count). The number of halogens is 1. The van der Waals surface area contributed by atoms with Gasteiger partial charge in [-0.1, -0.05) is 0 Å². The second-order valence-corrected chi connectivity index (χ2v) is 5.31. The topological polar surface area (TPSA) is 73.0 Å². The first-order valence-electron chi connectivity index (χ1n) is 6.22. The Bertz CT molecular complexity index is 599. The number of nitrogens with zero attached hydrogens (tertiary/aromatic N) is 3. The predicted octanol–water partition coefficient (Wildman–Crippen LogP) is 3.36. The van der Waals surface area contributed by atoms with Crippen LogP contribution >= 0.6 is 15.9 Å². The van der Waals surface area contributed by atoms with Crippen LogP contribution in [0.3, 0.4) is 0 Å². The summed E-state index contributed by atoms with van der Waals surface area (Å²) in [6.45, 7) is 3.41. The summed E-state index contributed by atoms with van der Waals surface area (Å²) >= 11 is 3.36. The van der Waals surface area contributed by atoms with Crippen LogP contribution in [0.5, 0.6) is 0 Å². The van der Waals surface area contributed by atoms with E-state index < -0.39 is 0 Å². The molecule has 0 fully saturated rings. The average Bonchev–Trinajstić information content (AvgIpc) is 2.90. The summed E-state index contributed by atoms with van der Waals surface area (Å²) in [6.07, 6.45) is 6.40. The van der Waals surface area contributed by atoms with E-state index in [2.05, 4.69) is 26.2 Å². The summed E-state index contributed by atoms with van der Waals surface area (Å²) in [4.78, 5) is 14.4. The quantitative estimate of drug-likeness (QED) is 0.498. The molecule has 7 heteroatoms. The van der Waals surface area contributed by atoms with Gasteiger partial charge in [-0.3, -0.25) is 10.1 Å². The highest BCUT2D eigenvalue weighted by atomic mass is 79.9. The summed E-state index contributed by atoms with van der Waals surface area (Å²) in [7, 11) is 0. The highest BCUT2D eigenvalue weighted by Gasteiger charge is 2.13. The third kappa shape index (κ3) is 3.57. The molecule has 0 saturated carbocycles. The van der Waals surface area contributed by atoms with Crippen molar-refractivity contribution >= 4 is 27.3 Å². The van der Waals surface area contributed by atoms with Crippen LogP contribution in [0.2, 0.25) is 0 Å². The van der Waals surface area contributed by atoms with Crippen molar-refractivity contribution in [2.45, 2.75) is 19.9 Å². The molecule has 0 atom stereocenters. The van der Waals surface area contributed by atoms with Gasteiger partial charge in [0.05, 0.1) is 11.3 Å². The van der Waals surface area contributed by atoms with E-state index in [1.807, 2.05) is 10.8 Å². The average molecular weight is 339 g/mol. The molecule has 0 spiro atoms. The zero-order valence-corrected chi connectivity index (χ0v) is 12.6. The van der Waals surface area contributed by atoms with Crippen molar-refractivity contribution in [3.63, 3.8) is 0 Å². The van der Waals surface area contributed by atoms with Crippen molar-refractivity contribution in [3.8, 4) is 0 Å². The Morgan fingerprint density at radius 1 is 1.50 bits per heavy atom. The van der Waals surface area contributed by atoms with Crippen LogP contribution in [0.15, 0.2) is 35.3 Å². The first-order chi connectivity index (χ1) is 9.58. The molecule has 0 saturated heterocycles. The molecule has 2 aromatic rings. The fourth-order valence-corrected chi connectivity index (χ4v) is 2.38. The normalized spacial score (nSPS) is 10.5. The Labute approximate surface area is 125 Å². The number of nitro benzene ring substituents is 1. The Hall–Kier alpha value is -1.89. The Morgan fingerprint density at radius 2 is 2.30 bits per heavy atom. The number of aryl methyl sites for hydroxylation is 2. The molecule has 0 bridgehead atoms. The molecular formula is C13H15BrN4O2. The molecule has 6 nitrogen and oxygen atoms in total. The van der Waals surface area contributed by atoms with Gasteiger partial charge < -0.3 is 9.88 Å². The molecule has 1 heterocycles. The monoisotopic (exact) mass is 338 g/mol. The van der Waals surface area contributed by atoms with Crippen LogP contribution in [0.25, 0.3) is 0 Å². The van der Waals surface area contributed by atoms with Crippen molar-refractivity contribution in [1.29, 1.82) is 0 Å². The third-order valence-corrected chi connectivity index (χ3v) is 3.61. The number of rotatable bonds is 6. The van der Waals surface area contributed by atoms with Crippen LogP contribution in [0.1, 0.15) is 12.0 Å². The summed E-state index contributed by atoms with van der Waals surface area (Å²) in [5.74, 6) is 0. The second-order valence-electron chi connectivity index (χ2n) is 4.46. The predicted molar refractivity (Wildman–Crippen MR) is 80.9 cm³/mol. The van der Waals surface area contributed by atoms with Gasteiger partial charge in [-0.05, 0) is 35.3 Å². The van der Waals surface area contributed by atoms with Gasteiger partial charge >= 0.3 is 0 Å². The Morgan fingerprint density at radius 3 is 2.95 bits per heavy atom. The highest BCUT2D eigenvalue weighted by molar-refractivity contribution is 9.10. The van der Waals surface area contributed by atoms with Crippen LogP contribution < -0.4 is 5.32 Å². The van der Waals surface area contributed by atoms with E-state index in [1.54, 1.807) is 25.5 Å². The standard InChI is InChI=1S/C13H15BrN4O2/c1-10-7-12(11(14)8-13(10)18(19)20)16-3-2-5-17-6-4-15-9-17/h4,6-9,16H,2-3,5H2,1H3. The maximum atomic E-state index is 10.8. The number of benzene rings is 1. The Balaban J connectivity index is 1.92. The van der Waals surface area contributed by atoms with Gasteiger partial charge in [0.25, 0.3) is 5.69 Å². The molecule has 1 N–H and O–H groups in total. The molecule has 0 radical (unpaired) electrons. The van der Waals surface area contributed by atoms with Crippen molar-refractivity contribution in [2.24, 2.45) is 0 Å². The number of hydrogen-bond acceptors (Lipinski definition) is 4. The van der Waals surface area contributed by atoms with Crippen molar-refractivity contribution in [1.82, 2.24) is 9.55 Å². The molecule has 0 aliphatic rings. The molecule has 106 valence electrons. The zero-order valence-electron chi connectivity index (χ0n) is 11.0. The molecule has 1 aromatic carbocycles. The SMILES string of the molecule is Cc1cc(NCCCn2ccnc2)c(Br)cc1[N+](=O)[O-]. The fourth-order valence-electron chi connectivity index (χ4n) is 1.91. The van der Waals surface area contributed by atoms with Crippen LogP contribution in [-0.4, -0.2) is 21.0 Å². The van der Waals surface area contributed by atoms with Gasteiger partial charge in [0.1, 0.15) is 0 Å². The number of nitro groups is 1. The van der Waals surface area contributed by atoms with Crippen LogP contribution in [-0.2, 0) is 6.54 Å². The number of imidazole rings is 1. The third-order valence-electron chi connectivity index (χ3n) is 2.95. The van der Waals surface area contributed by atoms with Gasteiger partial charge in [-0.15, -0.1) is 0 Å². The minimum atomic E-state index is -0.372.